The molecule has 2 aliphatic rings. The van der Waals surface area contributed by atoms with Crippen molar-refractivity contribution in [1.82, 2.24) is 0 Å². The quantitative estimate of drug-likeness (QED) is 0.623. The number of aryl methyl sites for hydroxylation is 1. The van der Waals surface area contributed by atoms with Crippen LogP contribution in [0.25, 0.3) is 0 Å². The summed E-state index contributed by atoms with van der Waals surface area (Å²) in [5.74, 6) is 1.98. The van der Waals surface area contributed by atoms with Crippen LogP contribution in [0.3, 0.4) is 0 Å². The second-order valence-electron chi connectivity index (χ2n) is 9.57. The minimum Gasteiger partial charge on any atom is -0.507 e. The highest BCUT2D eigenvalue weighted by Crippen LogP contribution is 2.53. The first kappa shape index (κ1) is 26.5. The van der Waals surface area contributed by atoms with E-state index in [1.165, 1.54) is 29.7 Å². The number of fused-ring (bicyclic) bond motifs is 3. The van der Waals surface area contributed by atoms with Crippen molar-refractivity contribution < 1.29 is 19.8 Å². The van der Waals surface area contributed by atoms with Crippen molar-refractivity contribution in [2.75, 3.05) is 27.2 Å². The number of rotatable bonds is 4. The number of hydrogen-bond acceptors (Lipinski definition) is 3. The molecule has 1 aromatic rings. The van der Waals surface area contributed by atoms with Crippen LogP contribution in [0, 0.1) is 12.8 Å². The van der Waals surface area contributed by atoms with Gasteiger partial charge in [0.1, 0.15) is 23.6 Å². The fourth-order valence-corrected chi connectivity index (χ4v) is 4.18. The van der Waals surface area contributed by atoms with Crippen LogP contribution < -0.4 is 9.64 Å². The molecule has 0 fully saturated rings. The Morgan fingerprint density at radius 3 is 2.23 bits per heavy atom. The first-order chi connectivity index (χ1) is 14.1. The van der Waals surface area contributed by atoms with Crippen LogP contribution in [-0.4, -0.2) is 43.1 Å². The van der Waals surface area contributed by atoms with Crippen LogP contribution in [-0.2, 0) is 0 Å². The third-order valence-electron chi connectivity index (χ3n) is 6.04. The number of aliphatic hydroxyl groups excluding tert-OH is 1. The Hall–Kier alpha value is -1.52. The molecule has 0 bridgehead atoms. The Bertz CT molecular complexity index is 677. The summed E-state index contributed by atoms with van der Waals surface area (Å²) in [7, 11) is 4.02. The smallest absolute Gasteiger partial charge is 0.127 e. The van der Waals surface area contributed by atoms with Crippen LogP contribution in [0.4, 0.5) is 0 Å². The fraction of sp³-hybridized carbons (Fsp3) is 0.692. The molecule has 4 nitrogen and oxygen atoms in total. The standard InChI is InChI=1S/C17H22O2.C5H12.C4H11NO/c1-10-5-7-13-12(9-10)15-14(19-17(13,3)4)8-6-11(2)16(15)18;1-3-5-4-2;1-5(2)3-4-6/h6,8-9,12-13,18H,5,7H2,1-4H3;3-5H2,1-2H3;6H,3-4H2,1-2H3/p+1/t12-,13-;;/m1../s1. The molecule has 0 aromatic heterocycles. The zero-order chi connectivity index (χ0) is 22.9. The van der Waals surface area contributed by atoms with Crippen molar-refractivity contribution in [3.63, 3.8) is 0 Å². The molecule has 1 aromatic carbocycles. The van der Waals surface area contributed by atoms with Gasteiger partial charge in [0.2, 0.25) is 0 Å². The predicted molar refractivity (Wildman–Crippen MR) is 127 cm³/mol. The number of aliphatic hydroxyl groups is 1. The molecule has 3 N–H and O–H groups in total. The fourth-order valence-electron chi connectivity index (χ4n) is 4.18. The molecule has 4 heteroatoms. The zero-order valence-corrected chi connectivity index (χ0v) is 20.6. The largest absolute Gasteiger partial charge is 0.507 e. The third-order valence-corrected chi connectivity index (χ3v) is 6.04. The van der Waals surface area contributed by atoms with Crippen LogP contribution in [0.2, 0.25) is 0 Å². The topological polar surface area (TPSA) is 54.1 Å². The summed E-state index contributed by atoms with van der Waals surface area (Å²) in [6.07, 6.45) is 8.67. The van der Waals surface area contributed by atoms with Gasteiger partial charge in [-0.2, -0.15) is 0 Å². The zero-order valence-electron chi connectivity index (χ0n) is 20.6. The monoisotopic (exact) mass is 420 g/mol. The van der Waals surface area contributed by atoms with E-state index in [-0.39, 0.29) is 11.5 Å². The molecule has 0 spiro atoms. The minimum atomic E-state index is -0.170. The highest BCUT2D eigenvalue weighted by atomic mass is 16.5. The Morgan fingerprint density at radius 1 is 1.13 bits per heavy atom. The van der Waals surface area contributed by atoms with Crippen LogP contribution in [0.5, 0.6) is 11.5 Å². The van der Waals surface area contributed by atoms with E-state index >= 15 is 0 Å². The number of nitrogens with one attached hydrogen (secondary N) is 1. The molecule has 3 rings (SSSR count). The molecule has 2 atom stereocenters. The molecule has 1 aliphatic carbocycles. The lowest BCUT2D eigenvalue weighted by molar-refractivity contribution is -0.858. The summed E-state index contributed by atoms with van der Waals surface area (Å²) in [5, 5.41) is 18.6. The summed E-state index contributed by atoms with van der Waals surface area (Å²) in [6, 6.07) is 3.93. The van der Waals surface area contributed by atoms with E-state index in [1.807, 2.05) is 33.2 Å². The Labute approximate surface area is 185 Å². The van der Waals surface area contributed by atoms with E-state index in [1.54, 1.807) is 0 Å². The van der Waals surface area contributed by atoms with Gasteiger partial charge < -0.3 is 19.8 Å². The van der Waals surface area contributed by atoms with E-state index in [2.05, 4.69) is 40.7 Å². The lowest BCUT2D eigenvalue weighted by atomic mass is 9.68. The molecular weight excluding hydrogens is 374 g/mol. The lowest BCUT2D eigenvalue weighted by Crippen LogP contribution is -3.06. The van der Waals surface area contributed by atoms with Gasteiger partial charge in [0, 0.05) is 17.4 Å². The molecule has 0 amide bonds. The summed E-state index contributed by atoms with van der Waals surface area (Å²) in [4.78, 5) is 1.29. The van der Waals surface area contributed by atoms with E-state index < -0.39 is 0 Å². The summed E-state index contributed by atoms with van der Waals surface area (Å²) in [5.41, 5.74) is 3.17. The van der Waals surface area contributed by atoms with Crippen molar-refractivity contribution in [3.05, 3.63) is 34.9 Å². The van der Waals surface area contributed by atoms with Gasteiger partial charge in [-0.1, -0.05) is 50.8 Å². The van der Waals surface area contributed by atoms with E-state index in [0.717, 1.165) is 36.3 Å². The molecule has 172 valence electrons. The number of phenols is 1. The molecule has 30 heavy (non-hydrogen) atoms. The van der Waals surface area contributed by atoms with Gasteiger partial charge in [0.25, 0.3) is 0 Å². The third kappa shape index (κ3) is 7.31. The molecule has 0 saturated carbocycles. The number of phenolic OH excluding ortho intramolecular Hbond substituents is 1. The lowest BCUT2D eigenvalue weighted by Gasteiger charge is -2.46. The van der Waals surface area contributed by atoms with Gasteiger partial charge in [0.15, 0.2) is 0 Å². The van der Waals surface area contributed by atoms with Crippen LogP contribution in [0.1, 0.15) is 83.8 Å². The number of quaternary nitrogens is 1. The average molecular weight is 421 g/mol. The van der Waals surface area contributed by atoms with E-state index in [0.29, 0.717) is 18.3 Å². The molecule has 1 heterocycles. The number of benzene rings is 1. The molecule has 0 radical (unpaired) electrons. The maximum Gasteiger partial charge on any atom is 0.127 e. The summed E-state index contributed by atoms with van der Waals surface area (Å²) < 4.78 is 6.17. The van der Waals surface area contributed by atoms with E-state index in [9.17, 15) is 5.11 Å². The maximum atomic E-state index is 10.4. The van der Waals surface area contributed by atoms with Crippen molar-refractivity contribution in [2.45, 2.75) is 85.2 Å². The summed E-state index contributed by atoms with van der Waals surface area (Å²) >= 11 is 0. The number of allylic oxidation sites excluding steroid dienone is 2. The van der Waals surface area contributed by atoms with Gasteiger partial charge >= 0.3 is 0 Å². The second kappa shape index (κ2) is 12.4. The Morgan fingerprint density at radius 2 is 1.77 bits per heavy atom. The van der Waals surface area contributed by atoms with Crippen LogP contribution >= 0.6 is 0 Å². The van der Waals surface area contributed by atoms with Crippen molar-refractivity contribution in [2.24, 2.45) is 5.92 Å². The van der Waals surface area contributed by atoms with Gasteiger partial charge in [-0.25, -0.2) is 0 Å². The number of unbranched alkanes of at least 4 members (excludes halogenated alkanes) is 2. The predicted octanol–water partition coefficient (Wildman–Crippen LogP) is 4.63. The second-order valence-corrected chi connectivity index (χ2v) is 9.57. The highest BCUT2D eigenvalue weighted by Gasteiger charge is 2.45. The van der Waals surface area contributed by atoms with Crippen molar-refractivity contribution in [3.8, 4) is 11.5 Å². The van der Waals surface area contributed by atoms with E-state index in [4.69, 9.17) is 9.84 Å². The van der Waals surface area contributed by atoms with Crippen molar-refractivity contribution in [1.29, 1.82) is 0 Å². The van der Waals surface area contributed by atoms with Gasteiger partial charge in [0.05, 0.1) is 20.7 Å². The first-order valence-corrected chi connectivity index (χ1v) is 11.7. The van der Waals surface area contributed by atoms with Gasteiger partial charge in [-0.05, 0) is 52.2 Å². The number of aromatic hydroxyl groups is 1. The van der Waals surface area contributed by atoms with Crippen molar-refractivity contribution >= 4 is 0 Å². The van der Waals surface area contributed by atoms with Crippen LogP contribution in [0.15, 0.2) is 23.8 Å². The Kier molecular flexibility index (Phi) is 10.9. The maximum absolute atomic E-state index is 10.4. The molecular formula is C26H46NO3+. The molecule has 0 saturated heterocycles. The Balaban J connectivity index is 0.000000342. The number of hydrogen-bond donors (Lipinski definition) is 3. The van der Waals surface area contributed by atoms with Gasteiger partial charge in [-0.3, -0.25) is 0 Å². The minimum absolute atomic E-state index is 0.170. The highest BCUT2D eigenvalue weighted by molar-refractivity contribution is 5.54. The SMILES string of the molecule is CC1=C[C@H]2c3c(ccc(C)c3O)OC(C)(C)[C@@H]2CC1.CCCCC.C[NH+](C)CCO. The first-order valence-electron chi connectivity index (χ1n) is 11.7. The number of ether oxygens (including phenoxy) is 1. The average Bonchev–Trinajstić information content (AvgIpc) is 2.65. The molecule has 1 aliphatic heterocycles. The normalized spacial score (nSPS) is 21.1. The van der Waals surface area contributed by atoms with Gasteiger partial charge in [-0.15, -0.1) is 0 Å². The summed E-state index contributed by atoms with van der Waals surface area (Å²) in [6.45, 7) is 14.0. The molecule has 0 unspecified atom stereocenters. The number of likely N-dealkylation sites (N-methyl/N-ethyl adjacent to an activating group) is 1.